The van der Waals surface area contributed by atoms with Crippen molar-refractivity contribution < 1.29 is 12.3 Å². The summed E-state index contributed by atoms with van der Waals surface area (Å²) < 4.78 is 33.7. The van der Waals surface area contributed by atoms with E-state index in [4.69, 9.17) is 11.6 Å². The van der Waals surface area contributed by atoms with E-state index in [0.29, 0.717) is 11.4 Å². The maximum atomic E-state index is 12.5. The molecule has 0 saturated heterocycles. The van der Waals surface area contributed by atoms with Gasteiger partial charge in [-0.15, -0.1) is 3.89 Å². The van der Waals surface area contributed by atoms with Crippen molar-refractivity contribution in [2.24, 2.45) is 0 Å². The van der Waals surface area contributed by atoms with Gasteiger partial charge in [0, 0.05) is 10.9 Å². The van der Waals surface area contributed by atoms with Crippen molar-refractivity contribution in [3.05, 3.63) is 34.9 Å². The first-order valence-electron chi connectivity index (χ1n) is 4.17. The molecule has 2 atom stereocenters. The predicted molar refractivity (Wildman–Crippen MR) is 52.6 cm³/mol. The Morgan fingerprint density at radius 1 is 1.43 bits per heavy atom. The third-order valence-corrected chi connectivity index (χ3v) is 3.85. The van der Waals surface area contributed by atoms with Crippen LogP contribution in [0.25, 0.3) is 0 Å². The molecular formula is C9H8ClFO2S. The second-order valence-electron chi connectivity index (χ2n) is 3.41. The maximum absolute atomic E-state index is 12.5. The van der Waals surface area contributed by atoms with Crippen molar-refractivity contribution in [3.63, 3.8) is 0 Å². The van der Waals surface area contributed by atoms with Crippen LogP contribution in [0.1, 0.15) is 17.9 Å². The second-order valence-corrected chi connectivity index (χ2v) is 5.40. The van der Waals surface area contributed by atoms with Gasteiger partial charge in [-0.05, 0) is 24.1 Å². The molecule has 1 aliphatic carbocycles. The minimum Gasteiger partial charge on any atom is -0.195 e. The van der Waals surface area contributed by atoms with Gasteiger partial charge >= 0.3 is 10.2 Å². The molecule has 14 heavy (non-hydrogen) atoms. The average Bonchev–Trinajstić information content (AvgIpc) is 2.81. The highest BCUT2D eigenvalue weighted by molar-refractivity contribution is 7.87. The van der Waals surface area contributed by atoms with Crippen molar-refractivity contribution >= 4 is 21.8 Å². The zero-order valence-electron chi connectivity index (χ0n) is 7.15. The third-order valence-electron chi connectivity index (χ3n) is 2.37. The van der Waals surface area contributed by atoms with Gasteiger partial charge in [-0.2, -0.15) is 8.42 Å². The van der Waals surface area contributed by atoms with Crippen molar-refractivity contribution in [3.8, 4) is 0 Å². The molecule has 0 amide bonds. The van der Waals surface area contributed by atoms with Gasteiger partial charge in [0.2, 0.25) is 0 Å². The Bertz CT molecular complexity index is 458. The fraction of sp³-hybridized carbons (Fsp3) is 0.333. The molecule has 1 aliphatic rings. The SMILES string of the molecule is O=S(=O)(F)[C@@H]1C[C@H]1c1cccc(Cl)c1. The summed E-state index contributed by atoms with van der Waals surface area (Å²) in [7, 11) is -4.38. The molecule has 5 heteroatoms. The smallest absolute Gasteiger partial charge is 0.195 e. The highest BCUT2D eigenvalue weighted by atomic mass is 35.5. The highest BCUT2D eigenvalue weighted by Crippen LogP contribution is 2.46. The lowest BCUT2D eigenvalue weighted by Gasteiger charge is -1.98. The van der Waals surface area contributed by atoms with Gasteiger partial charge in [0.25, 0.3) is 0 Å². The van der Waals surface area contributed by atoms with Crippen LogP contribution in [0.5, 0.6) is 0 Å². The van der Waals surface area contributed by atoms with E-state index in [0.717, 1.165) is 5.56 Å². The van der Waals surface area contributed by atoms with Crippen LogP contribution in [-0.4, -0.2) is 13.7 Å². The van der Waals surface area contributed by atoms with Crippen molar-refractivity contribution in [1.82, 2.24) is 0 Å². The molecule has 1 fully saturated rings. The molecular weight excluding hydrogens is 227 g/mol. The molecule has 0 aliphatic heterocycles. The fourth-order valence-corrected chi connectivity index (χ4v) is 2.76. The van der Waals surface area contributed by atoms with Gasteiger partial charge in [-0.3, -0.25) is 0 Å². The van der Waals surface area contributed by atoms with E-state index in [2.05, 4.69) is 0 Å². The summed E-state index contributed by atoms with van der Waals surface area (Å²) in [6, 6.07) is 6.88. The molecule has 0 radical (unpaired) electrons. The van der Waals surface area contributed by atoms with Crippen LogP contribution in [0, 0.1) is 0 Å². The normalized spacial score (nSPS) is 26.1. The predicted octanol–water partition coefficient (Wildman–Crippen LogP) is 2.50. The van der Waals surface area contributed by atoms with Crippen LogP contribution >= 0.6 is 11.6 Å². The summed E-state index contributed by atoms with van der Waals surface area (Å²) >= 11 is 5.74. The summed E-state index contributed by atoms with van der Waals surface area (Å²) in [5.74, 6) is -0.219. The van der Waals surface area contributed by atoms with Crippen molar-refractivity contribution in [1.29, 1.82) is 0 Å². The van der Waals surface area contributed by atoms with Crippen LogP contribution in [-0.2, 0) is 10.2 Å². The van der Waals surface area contributed by atoms with Gasteiger partial charge in [-0.1, -0.05) is 23.7 Å². The zero-order chi connectivity index (χ0) is 10.3. The number of hydrogen-bond donors (Lipinski definition) is 0. The van der Waals surface area contributed by atoms with Crippen molar-refractivity contribution in [2.45, 2.75) is 17.6 Å². The van der Waals surface area contributed by atoms with Crippen LogP contribution in [0.15, 0.2) is 24.3 Å². The minimum absolute atomic E-state index is 0.219. The molecule has 0 aromatic heterocycles. The topological polar surface area (TPSA) is 34.1 Å². The van der Waals surface area contributed by atoms with E-state index in [1.807, 2.05) is 0 Å². The third kappa shape index (κ3) is 1.91. The van der Waals surface area contributed by atoms with Crippen LogP contribution < -0.4 is 0 Å². The molecule has 0 heterocycles. The molecule has 2 nitrogen and oxygen atoms in total. The lowest BCUT2D eigenvalue weighted by atomic mass is 10.1. The van der Waals surface area contributed by atoms with E-state index < -0.39 is 15.5 Å². The zero-order valence-corrected chi connectivity index (χ0v) is 8.72. The van der Waals surface area contributed by atoms with Crippen LogP contribution in [0.4, 0.5) is 3.89 Å². The monoisotopic (exact) mass is 234 g/mol. The molecule has 1 saturated carbocycles. The summed E-state index contributed by atoms with van der Waals surface area (Å²) in [4.78, 5) is 0. The number of benzene rings is 1. The Morgan fingerprint density at radius 3 is 2.64 bits per heavy atom. The first-order valence-corrected chi connectivity index (χ1v) is 6.00. The average molecular weight is 235 g/mol. The van der Waals surface area contributed by atoms with Gasteiger partial charge in [0.05, 0.1) is 5.25 Å². The van der Waals surface area contributed by atoms with Gasteiger partial charge in [0.15, 0.2) is 0 Å². The Hall–Kier alpha value is -0.610. The standard InChI is InChI=1S/C9H8ClFO2S/c10-7-3-1-2-6(4-7)8-5-9(8)14(11,12)13/h1-4,8-9H,5H2/t8-,9+/m0/s1. The summed E-state index contributed by atoms with van der Waals surface area (Å²) in [6.45, 7) is 0. The molecule has 0 unspecified atom stereocenters. The Kier molecular flexibility index (Phi) is 2.27. The molecule has 1 aromatic rings. The summed E-state index contributed by atoms with van der Waals surface area (Å²) in [5, 5.41) is -0.314. The molecule has 0 spiro atoms. The Balaban J connectivity index is 2.22. The van der Waals surface area contributed by atoms with E-state index in [1.165, 1.54) is 0 Å². The number of rotatable bonds is 2. The summed E-state index contributed by atoms with van der Waals surface area (Å²) in [6.07, 6.45) is 0.360. The van der Waals surface area contributed by atoms with Crippen LogP contribution in [0.3, 0.4) is 0 Å². The summed E-state index contributed by atoms with van der Waals surface area (Å²) in [5.41, 5.74) is 0.795. The van der Waals surface area contributed by atoms with E-state index >= 15 is 0 Å². The molecule has 0 N–H and O–H groups in total. The first-order chi connectivity index (χ1) is 6.48. The van der Waals surface area contributed by atoms with Crippen molar-refractivity contribution in [2.75, 3.05) is 0 Å². The molecule has 2 rings (SSSR count). The van der Waals surface area contributed by atoms with E-state index in [9.17, 15) is 12.3 Å². The molecule has 0 bridgehead atoms. The van der Waals surface area contributed by atoms with E-state index in [-0.39, 0.29) is 5.92 Å². The Morgan fingerprint density at radius 2 is 2.14 bits per heavy atom. The Labute approximate surface area is 86.9 Å². The lowest BCUT2D eigenvalue weighted by molar-refractivity contribution is 0.549. The molecule has 76 valence electrons. The van der Waals surface area contributed by atoms with Gasteiger partial charge < -0.3 is 0 Å². The van der Waals surface area contributed by atoms with E-state index in [1.54, 1.807) is 24.3 Å². The maximum Gasteiger partial charge on any atom is 0.305 e. The number of halogens is 2. The molecule has 1 aromatic carbocycles. The van der Waals surface area contributed by atoms with Crippen LogP contribution in [0.2, 0.25) is 5.02 Å². The second kappa shape index (κ2) is 3.21. The largest absolute Gasteiger partial charge is 0.305 e. The quantitative estimate of drug-likeness (QED) is 0.737. The highest BCUT2D eigenvalue weighted by Gasteiger charge is 2.48. The van der Waals surface area contributed by atoms with Gasteiger partial charge in [-0.25, -0.2) is 0 Å². The minimum atomic E-state index is -4.38. The number of hydrogen-bond acceptors (Lipinski definition) is 2. The fourth-order valence-electron chi connectivity index (χ4n) is 1.57. The first kappa shape index (κ1) is 9.93. The lowest BCUT2D eigenvalue weighted by Crippen LogP contribution is -2.00. The van der Waals surface area contributed by atoms with Gasteiger partial charge in [0.1, 0.15) is 0 Å².